The van der Waals surface area contributed by atoms with Gasteiger partial charge in [-0.3, -0.25) is 4.79 Å². The molecule has 17 heavy (non-hydrogen) atoms. The first kappa shape index (κ1) is 12.1. The number of ketones is 1. The van der Waals surface area contributed by atoms with E-state index in [1.54, 1.807) is 12.1 Å². The number of halogens is 1. The van der Waals surface area contributed by atoms with Crippen LogP contribution in [0.15, 0.2) is 45.3 Å². The number of nitrogens with two attached hydrogens (primary N) is 1. The molecule has 0 aliphatic carbocycles. The van der Waals surface area contributed by atoms with Gasteiger partial charge < -0.3 is 10.2 Å². The molecule has 0 atom stereocenters. The van der Waals surface area contributed by atoms with E-state index < -0.39 is 0 Å². The van der Waals surface area contributed by atoms with Crippen molar-refractivity contribution in [2.75, 3.05) is 0 Å². The largest absolute Gasteiger partial charge is 0.457 e. The molecule has 4 heteroatoms. The molecule has 0 unspecified atom stereocenters. The normalized spacial score (nSPS) is 10.5. The Morgan fingerprint density at radius 2 is 2.12 bits per heavy atom. The first-order valence-electron chi connectivity index (χ1n) is 5.25. The van der Waals surface area contributed by atoms with Gasteiger partial charge in [-0.25, -0.2) is 0 Å². The van der Waals surface area contributed by atoms with E-state index in [2.05, 4.69) is 15.9 Å². The van der Waals surface area contributed by atoms with Crippen LogP contribution in [-0.2, 0) is 13.0 Å². The highest BCUT2D eigenvalue weighted by Gasteiger charge is 2.11. The Balaban J connectivity index is 2.11. The van der Waals surface area contributed by atoms with Crippen LogP contribution in [0.3, 0.4) is 0 Å². The van der Waals surface area contributed by atoms with Crippen molar-refractivity contribution in [1.29, 1.82) is 0 Å². The molecular formula is C13H12BrNO2. The molecule has 2 N–H and O–H groups in total. The molecule has 2 aromatic rings. The van der Waals surface area contributed by atoms with E-state index in [4.69, 9.17) is 10.2 Å². The summed E-state index contributed by atoms with van der Waals surface area (Å²) in [6.45, 7) is 0.310. The molecule has 0 radical (unpaired) electrons. The summed E-state index contributed by atoms with van der Waals surface area (Å²) in [6.07, 6.45) is 0.330. The lowest BCUT2D eigenvalue weighted by Crippen LogP contribution is -2.02. The zero-order chi connectivity index (χ0) is 12.3. The standard InChI is InChI=1S/C13H12BrNO2/c14-10-3-1-2-9(6-10)7-12(16)13-5-4-11(8-15)17-13/h1-6H,7-8,15H2. The van der Waals surface area contributed by atoms with Crippen LogP contribution in [0.25, 0.3) is 0 Å². The Kier molecular flexibility index (Phi) is 3.76. The van der Waals surface area contributed by atoms with Crippen molar-refractivity contribution in [3.8, 4) is 0 Å². The van der Waals surface area contributed by atoms with Crippen LogP contribution >= 0.6 is 15.9 Å². The van der Waals surface area contributed by atoms with Crippen LogP contribution in [0.4, 0.5) is 0 Å². The van der Waals surface area contributed by atoms with E-state index in [1.165, 1.54) is 0 Å². The summed E-state index contributed by atoms with van der Waals surface area (Å²) in [6, 6.07) is 11.1. The molecule has 0 saturated heterocycles. The summed E-state index contributed by atoms with van der Waals surface area (Å²) in [5, 5.41) is 0. The molecule has 2 rings (SSSR count). The lowest BCUT2D eigenvalue weighted by Gasteiger charge is -1.99. The number of furan rings is 1. The summed E-state index contributed by atoms with van der Waals surface area (Å²) in [7, 11) is 0. The number of rotatable bonds is 4. The van der Waals surface area contributed by atoms with Crippen LogP contribution in [0.5, 0.6) is 0 Å². The topological polar surface area (TPSA) is 56.2 Å². The van der Waals surface area contributed by atoms with Gasteiger partial charge in [0.15, 0.2) is 5.76 Å². The molecule has 88 valence electrons. The molecule has 1 heterocycles. The zero-order valence-corrected chi connectivity index (χ0v) is 10.7. The number of carbonyl (C=O) groups is 1. The first-order valence-corrected chi connectivity index (χ1v) is 6.05. The summed E-state index contributed by atoms with van der Waals surface area (Å²) in [5.41, 5.74) is 6.38. The van der Waals surface area contributed by atoms with Gasteiger partial charge in [0, 0.05) is 10.9 Å². The van der Waals surface area contributed by atoms with Gasteiger partial charge in [-0.05, 0) is 29.8 Å². The molecule has 3 nitrogen and oxygen atoms in total. The average molecular weight is 294 g/mol. The second-order valence-corrected chi connectivity index (χ2v) is 4.62. The second kappa shape index (κ2) is 5.29. The fourth-order valence-corrected chi connectivity index (χ4v) is 2.00. The van der Waals surface area contributed by atoms with Gasteiger partial charge in [0.25, 0.3) is 0 Å². The highest BCUT2D eigenvalue weighted by atomic mass is 79.9. The van der Waals surface area contributed by atoms with Gasteiger partial charge in [-0.2, -0.15) is 0 Å². The van der Waals surface area contributed by atoms with Crippen molar-refractivity contribution in [1.82, 2.24) is 0 Å². The smallest absolute Gasteiger partial charge is 0.202 e. The quantitative estimate of drug-likeness (QED) is 0.882. The molecule has 0 fully saturated rings. The summed E-state index contributed by atoms with van der Waals surface area (Å²) < 4.78 is 6.27. The van der Waals surface area contributed by atoms with E-state index in [0.29, 0.717) is 24.5 Å². The van der Waals surface area contributed by atoms with Crippen molar-refractivity contribution >= 4 is 21.7 Å². The van der Waals surface area contributed by atoms with Gasteiger partial charge in [0.05, 0.1) is 6.54 Å². The molecule has 0 bridgehead atoms. The lowest BCUT2D eigenvalue weighted by molar-refractivity contribution is 0.0964. The Morgan fingerprint density at radius 3 is 2.76 bits per heavy atom. The van der Waals surface area contributed by atoms with Gasteiger partial charge >= 0.3 is 0 Å². The van der Waals surface area contributed by atoms with Crippen molar-refractivity contribution in [2.24, 2.45) is 5.73 Å². The fourth-order valence-electron chi connectivity index (χ4n) is 1.56. The number of carbonyl (C=O) groups excluding carboxylic acids is 1. The molecule has 0 amide bonds. The molecule has 0 saturated carbocycles. The average Bonchev–Trinajstić information content (AvgIpc) is 2.77. The Labute approximate surface area is 108 Å². The molecule has 1 aromatic carbocycles. The van der Waals surface area contributed by atoms with Crippen molar-refractivity contribution in [3.63, 3.8) is 0 Å². The van der Waals surface area contributed by atoms with E-state index in [1.807, 2.05) is 24.3 Å². The van der Waals surface area contributed by atoms with Gasteiger partial charge in [0.1, 0.15) is 5.76 Å². The maximum atomic E-state index is 11.9. The second-order valence-electron chi connectivity index (χ2n) is 3.70. The SMILES string of the molecule is NCc1ccc(C(=O)Cc2cccc(Br)c2)o1. The van der Waals surface area contributed by atoms with Gasteiger partial charge in [0.2, 0.25) is 5.78 Å². The van der Waals surface area contributed by atoms with Crippen LogP contribution < -0.4 is 5.73 Å². The summed E-state index contributed by atoms with van der Waals surface area (Å²) >= 11 is 3.37. The maximum absolute atomic E-state index is 11.9. The molecular weight excluding hydrogens is 282 g/mol. The van der Waals surface area contributed by atoms with Crippen LogP contribution in [0.1, 0.15) is 21.9 Å². The Morgan fingerprint density at radius 1 is 1.29 bits per heavy atom. The minimum absolute atomic E-state index is 0.0391. The van der Waals surface area contributed by atoms with Gasteiger partial charge in [-0.15, -0.1) is 0 Å². The highest BCUT2D eigenvalue weighted by molar-refractivity contribution is 9.10. The van der Waals surface area contributed by atoms with E-state index in [9.17, 15) is 4.79 Å². The number of benzene rings is 1. The predicted octanol–water partition coefficient (Wildman–Crippen LogP) is 2.93. The van der Waals surface area contributed by atoms with Crippen molar-refractivity contribution in [3.05, 3.63) is 58.0 Å². The maximum Gasteiger partial charge on any atom is 0.202 e. The van der Waals surface area contributed by atoms with Crippen molar-refractivity contribution in [2.45, 2.75) is 13.0 Å². The van der Waals surface area contributed by atoms with Crippen LogP contribution in [0.2, 0.25) is 0 Å². The first-order chi connectivity index (χ1) is 8.19. The third-order valence-electron chi connectivity index (χ3n) is 2.39. The van der Waals surface area contributed by atoms with Gasteiger partial charge in [-0.1, -0.05) is 28.1 Å². The van der Waals surface area contributed by atoms with E-state index >= 15 is 0 Å². The summed E-state index contributed by atoms with van der Waals surface area (Å²) in [4.78, 5) is 11.9. The van der Waals surface area contributed by atoms with E-state index in [-0.39, 0.29) is 5.78 Å². The predicted molar refractivity (Wildman–Crippen MR) is 68.8 cm³/mol. The number of hydrogen-bond donors (Lipinski definition) is 1. The molecule has 0 aliphatic heterocycles. The Bertz CT molecular complexity index is 534. The molecule has 0 spiro atoms. The molecule has 0 aliphatic rings. The minimum atomic E-state index is -0.0391. The van der Waals surface area contributed by atoms with Crippen molar-refractivity contribution < 1.29 is 9.21 Å². The third kappa shape index (κ3) is 3.05. The van der Waals surface area contributed by atoms with Crippen LogP contribution in [-0.4, -0.2) is 5.78 Å². The number of Topliss-reactive ketones (excluding diaryl/α,β-unsaturated/α-hetero) is 1. The van der Waals surface area contributed by atoms with E-state index in [0.717, 1.165) is 10.0 Å². The summed E-state index contributed by atoms with van der Waals surface area (Å²) in [5.74, 6) is 0.954. The lowest BCUT2D eigenvalue weighted by atomic mass is 10.1. The number of hydrogen-bond acceptors (Lipinski definition) is 3. The minimum Gasteiger partial charge on any atom is -0.457 e. The van der Waals surface area contributed by atoms with Crippen LogP contribution in [0, 0.1) is 0 Å². The zero-order valence-electron chi connectivity index (χ0n) is 9.15. The molecule has 1 aromatic heterocycles. The monoisotopic (exact) mass is 293 g/mol. The fraction of sp³-hybridized carbons (Fsp3) is 0.154. The third-order valence-corrected chi connectivity index (χ3v) is 2.88. The Hall–Kier alpha value is -1.39. The highest BCUT2D eigenvalue weighted by Crippen LogP contribution is 2.15.